The van der Waals surface area contributed by atoms with Gasteiger partial charge in [-0.15, -0.1) is 0 Å². The SMILES string of the molecule is CSc1nc(NN)cc(NC(C)(CO)c2ccccc2)n1. The number of aliphatic hydroxyl groups is 1. The van der Waals surface area contributed by atoms with Gasteiger partial charge in [-0.2, -0.15) is 0 Å². The smallest absolute Gasteiger partial charge is 0.191 e. The zero-order valence-corrected chi connectivity index (χ0v) is 12.8. The van der Waals surface area contributed by atoms with Gasteiger partial charge in [0.1, 0.15) is 11.6 Å². The molecule has 0 spiro atoms. The van der Waals surface area contributed by atoms with E-state index in [1.165, 1.54) is 11.8 Å². The number of nitrogen functional groups attached to an aromatic ring is 1. The molecule has 112 valence electrons. The molecular formula is C14H19N5OS. The first-order chi connectivity index (χ1) is 10.1. The number of hydrazine groups is 1. The number of thioether (sulfide) groups is 1. The molecule has 0 saturated carbocycles. The summed E-state index contributed by atoms with van der Waals surface area (Å²) in [5.41, 5.74) is 2.85. The monoisotopic (exact) mass is 305 g/mol. The lowest BCUT2D eigenvalue weighted by Crippen LogP contribution is -2.36. The molecule has 0 radical (unpaired) electrons. The van der Waals surface area contributed by atoms with E-state index in [0.717, 1.165) is 5.56 Å². The summed E-state index contributed by atoms with van der Waals surface area (Å²) in [5.74, 6) is 6.54. The van der Waals surface area contributed by atoms with Crippen LogP contribution >= 0.6 is 11.8 Å². The van der Waals surface area contributed by atoms with E-state index in [1.807, 2.05) is 43.5 Å². The highest BCUT2D eigenvalue weighted by Gasteiger charge is 2.26. The average molecular weight is 305 g/mol. The highest BCUT2D eigenvalue weighted by molar-refractivity contribution is 7.98. The third-order valence-electron chi connectivity index (χ3n) is 3.17. The summed E-state index contributed by atoms with van der Waals surface area (Å²) in [4.78, 5) is 8.60. The van der Waals surface area contributed by atoms with Gasteiger partial charge in [-0.25, -0.2) is 15.8 Å². The number of nitrogens with one attached hydrogen (secondary N) is 2. The van der Waals surface area contributed by atoms with Gasteiger partial charge in [-0.3, -0.25) is 0 Å². The number of aromatic nitrogens is 2. The van der Waals surface area contributed by atoms with Crippen molar-refractivity contribution in [3.8, 4) is 0 Å². The van der Waals surface area contributed by atoms with E-state index in [0.29, 0.717) is 16.8 Å². The van der Waals surface area contributed by atoms with Crippen molar-refractivity contribution in [3.05, 3.63) is 42.0 Å². The maximum absolute atomic E-state index is 9.80. The summed E-state index contributed by atoms with van der Waals surface area (Å²) in [6, 6.07) is 11.4. The number of nitrogens with zero attached hydrogens (tertiary/aromatic N) is 2. The van der Waals surface area contributed by atoms with Crippen LogP contribution in [0.5, 0.6) is 0 Å². The molecule has 1 unspecified atom stereocenters. The largest absolute Gasteiger partial charge is 0.394 e. The number of hydrogen-bond acceptors (Lipinski definition) is 7. The summed E-state index contributed by atoms with van der Waals surface area (Å²) in [7, 11) is 0. The number of rotatable bonds is 6. The van der Waals surface area contributed by atoms with Crippen LogP contribution in [-0.4, -0.2) is 27.9 Å². The van der Waals surface area contributed by atoms with Gasteiger partial charge < -0.3 is 15.8 Å². The molecule has 1 atom stereocenters. The molecule has 1 heterocycles. The Morgan fingerprint density at radius 2 is 1.90 bits per heavy atom. The summed E-state index contributed by atoms with van der Waals surface area (Å²) >= 11 is 1.42. The Labute approximate surface area is 128 Å². The second-order valence-electron chi connectivity index (χ2n) is 4.75. The van der Waals surface area contributed by atoms with Crippen LogP contribution in [0.4, 0.5) is 11.6 Å². The van der Waals surface area contributed by atoms with Gasteiger partial charge >= 0.3 is 0 Å². The zero-order chi connectivity index (χ0) is 15.3. The molecule has 0 fully saturated rings. The van der Waals surface area contributed by atoms with Crippen molar-refractivity contribution in [1.82, 2.24) is 9.97 Å². The number of anilines is 2. The Morgan fingerprint density at radius 3 is 2.48 bits per heavy atom. The molecular weight excluding hydrogens is 286 g/mol. The predicted octanol–water partition coefficient (Wildman–Crippen LogP) is 1.80. The molecule has 0 bridgehead atoms. The number of hydrogen-bond donors (Lipinski definition) is 4. The Kier molecular flexibility index (Phi) is 5.00. The minimum atomic E-state index is -0.642. The van der Waals surface area contributed by atoms with E-state index in [9.17, 15) is 5.11 Å². The molecule has 2 rings (SSSR count). The fourth-order valence-electron chi connectivity index (χ4n) is 1.95. The van der Waals surface area contributed by atoms with Crippen molar-refractivity contribution in [2.24, 2.45) is 5.84 Å². The van der Waals surface area contributed by atoms with Crippen molar-refractivity contribution >= 4 is 23.4 Å². The van der Waals surface area contributed by atoms with Crippen molar-refractivity contribution in [3.63, 3.8) is 0 Å². The van der Waals surface area contributed by atoms with Crippen molar-refractivity contribution in [2.75, 3.05) is 23.6 Å². The van der Waals surface area contributed by atoms with Crippen LogP contribution in [0, 0.1) is 0 Å². The molecule has 2 aromatic rings. The minimum absolute atomic E-state index is 0.0684. The lowest BCUT2D eigenvalue weighted by atomic mass is 9.93. The topological polar surface area (TPSA) is 96.1 Å². The van der Waals surface area contributed by atoms with Crippen LogP contribution in [0.1, 0.15) is 12.5 Å². The van der Waals surface area contributed by atoms with Gasteiger partial charge in [0, 0.05) is 6.07 Å². The average Bonchev–Trinajstić information content (AvgIpc) is 2.55. The van der Waals surface area contributed by atoms with E-state index in [1.54, 1.807) is 6.07 Å². The van der Waals surface area contributed by atoms with Crippen LogP contribution in [-0.2, 0) is 5.54 Å². The number of nitrogens with two attached hydrogens (primary N) is 1. The molecule has 1 aromatic carbocycles. The van der Waals surface area contributed by atoms with E-state index in [4.69, 9.17) is 5.84 Å². The van der Waals surface area contributed by atoms with E-state index in [-0.39, 0.29) is 6.61 Å². The predicted molar refractivity (Wildman–Crippen MR) is 86.1 cm³/mol. The van der Waals surface area contributed by atoms with Gasteiger partial charge in [0.2, 0.25) is 0 Å². The van der Waals surface area contributed by atoms with Crippen LogP contribution in [0.2, 0.25) is 0 Å². The maximum atomic E-state index is 9.80. The standard InChI is InChI=1S/C14H19N5OS/c1-14(9-20,10-6-4-3-5-7-10)18-11-8-12(19-15)17-13(16-11)21-2/h3-8,20H,9,15H2,1-2H3,(H2,16,17,18,19). The van der Waals surface area contributed by atoms with Gasteiger partial charge in [-0.05, 0) is 18.7 Å². The Bertz CT molecular complexity index is 573. The molecule has 6 nitrogen and oxygen atoms in total. The molecule has 0 aliphatic carbocycles. The lowest BCUT2D eigenvalue weighted by Gasteiger charge is -2.30. The summed E-state index contributed by atoms with van der Waals surface area (Å²) in [6.45, 7) is 1.85. The third kappa shape index (κ3) is 3.63. The first-order valence-electron chi connectivity index (χ1n) is 6.45. The Morgan fingerprint density at radius 1 is 1.24 bits per heavy atom. The molecule has 0 amide bonds. The van der Waals surface area contributed by atoms with E-state index in [2.05, 4.69) is 20.7 Å². The Hall–Kier alpha value is -1.83. The fourth-order valence-corrected chi connectivity index (χ4v) is 2.33. The van der Waals surface area contributed by atoms with Crippen LogP contribution < -0.4 is 16.6 Å². The molecule has 0 aliphatic rings. The molecule has 0 aliphatic heterocycles. The quantitative estimate of drug-likeness (QED) is 0.280. The number of aliphatic hydroxyl groups excluding tert-OH is 1. The minimum Gasteiger partial charge on any atom is -0.394 e. The van der Waals surface area contributed by atoms with Gasteiger partial charge in [-0.1, -0.05) is 42.1 Å². The fraction of sp³-hybridized carbons (Fsp3) is 0.286. The van der Waals surface area contributed by atoms with Crippen molar-refractivity contribution < 1.29 is 5.11 Å². The highest BCUT2D eigenvalue weighted by atomic mass is 32.2. The van der Waals surface area contributed by atoms with E-state index >= 15 is 0 Å². The maximum Gasteiger partial charge on any atom is 0.191 e. The first kappa shape index (κ1) is 15.6. The normalized spacial score (nSPS) is 13.5. The summed E-state index contributed by atoms with van der Waals surface area (Å²) in [5, 5.41) is 13.7. The summed E-state index contributed by atoms with van der Waals surface area (Å²) < 4.78 is 0. The van der Waals surface area contributed by atoms with Gasteiger partial charge in [0.15, 0.2) is 5.16 Å². The van der Waals surface area contributed by atoms with Gasteiger partial charge in [0.25, 0.3) is 0 Å². The molecule has 21 heavy (non-hydrogen) atoms. The Balaban J connectivity index is 2.34. The van der Waals surface area contributed by atoms with Crippen LogP contribution in [0.15, 0.2) is 41.6 Å². The second-order valence-corrected chi connectivity index (χ2v) is 5.52. The third-order valence-corrected chi connectivity index (χ3v) is 3.71. The van der Waals surface area contributed by atoms with Gasteiger partial charge in [0.05, 0.1) is 12.1 Å². The highest BCUT2D eigenvalue weighted by Crippen LogP contribution is 2.26. The molecule has 5 N–H and O–H groups in total. The molecule has 0 saturated heterocycles. The lowest BCUT2D eigenvalue weighted by molar-refractivity contribution is 0.223. The summed E-state index contributed by atoms with van der Waals surface area (Å²) in [6.07, 6.45) is 1.89. The van der Waals surface area contributed by atoms with Crippen LogP contribution in [0.3, 0.4) is 0 Å². The second kappa shape index (κ2) is 6.75. The van der Waals surface area contributed by atoms with Crippen molar-refractivity contribution in [2.45, 2.75) is 17.6 Å². The first-order valence-corrected chi connectivity index (χ1v) is 7.68. The molecule has 1 aromatic heterocycles. The van der Waals surface area contributed by atoms with E-state index < -0.39 is 5.54 Å². The van der Waals surface area contributed by atoms with Crippen molar-refractivity contribution in [1.29, 1.82) is 0 Å². The van der Waals surface area contributed by atoms with Crippen LogP contribution in [0.25, 0.3) is 0 Å². The number of benzene rings is 1. The molecule has 7 heteroatoms. The zero-order valence-electron chi connectivity index (χ0n) is 12.0.